The van der Waals surface area contributed by atoms with Gasteiger partial charge in [0, 0.05) is 12.4 Å². The summed E-state index contributed by atoms with van der Waals surface area (Å²) in [6, 6.07) is 3.47. The molecule has 0 atom stereocenters. The maximum absolute atomic E-state index is 5.74. The van der Waals surface area contributed by atoms with Gasteiger partial charge in [-0.2, -0.15) is 0 Å². The highest BCUT2D eigenvalue weighted by atomic mass is 35.5. The number of nitrogens with zero attached hydrogens (tertiary/aromatic N) is 3. The molecule has 0 aliphatic carbocycles. The fourth-order valence-electron chi connectivity index (χ4n) is 1.20. The molecule has 0 bridgehead atoms. The highest BCUT2D eigenvalue weighted by Crippen LogP contribution is 2.19. The second-order valence-electron chi connectivity index (χ2n) is 3.15. The number of nitrogen functional groups attached to an aromatic ring is 1. The van der Waals surface area contributed by atoms with E-state index in [-0.39, 0.29) is 0 Å². The summed E-state index contributed by atoms with van der Waals surface area (Å²) in [5.74, 6) is 0.600. The van der Waals surface area contributed by atoms with Crippen molar-refractivity contribution in [1.82, 2.24) is 15.0 Å². The van der Waals surface area contributed by atoms with Gasteiger partial charge >= 0.3 is 0 Å². The fourth-order valence-corrected chi connectivity index (χ4v) is 1.37. The molecule has 6 heteroatoms. The molecule has 0 aliphatic heterocycles. The van der Waals surface area contributed by atoms with Crippen LogP contribution in [-0.4, -0.2) is 15.0 Å². The van der Waals surface area contributed by atoms with E-state index in [2.05, 4.69) is 20.3 Å². The van der Waals surface area contributed by atoms with Crippen molar-refractivity contribution in [2.75, 3.05) is 11.1 Å². The Balaban J connectivity index is 2.05. The zero-order chi connectivity index (χ0) is 11.4. The first-order chi connectivity index (χ1) is 7.75. The lowest BCUT2D eigenvalue weighted by atomic mass is 10.3. The maximum Gasteiger partial charge on any atom is 0.149 e. The van der Waals surface area contributed by atoms with Crippen LogP contribution in [0, 0.1) is 0 Å². The first kappa shape index (κ1) is 10.6. The molecule has 0 aliphatic rings. The molecule has 2 heterocycles. The van der Waals surface area contributed by atoms with Crippen molar-refractivity contribution in [2.45, 2.75) is 6.54 Å². The van der Waals surface area contributed by atoms with Crippen LogP contribution in [0.15, 0.2) is 30.9 Å². The van der Waals surface area contributed by atoms with Gasteiger partial charge in [0.15, 0.2) is 0 Å². The summed E-state index contributed by atoms with van der Waals surface area (Å²) >= 11 is 5.74. The van der Waals surface area contributed by atoms with E-state index in [0.29, 0.717) is 23.1 Å². The monoisotopic (exact) mass is 235 g/mol. The summed E-state index contributed by atoms with van der Waals surface area (Å²) in [6.07, 6.45) is 4.72. The van der Waals surface area contributed by atoms with Crippen molar-refractivity contribution in [3.63, 3.8) is 0 Å². The van der Waals surface area contributed by atoms with Crippen molar-refractivity contribution in [3.8, 4) is 0 Å². The van der Waals surface area contributed by atoms with Gasteiger partial charge in [-0.1, -0.05) is 11.6 Å². The molecule has 0 amide bonds. The zero-order valence-corrected chi connectivity index (χ0v) is 9.15. The lowest BCUT2D eigenvalue weighted by molar-refractivity contribution is 0.997. The third-order valence-electron chi connectivity index (χ3n) is 1.96. The lowest BCUT2D eigenvalue weighted by Crippen LogP contribution is -2.05. The average Bonchev–Trinajstić information content (AvgIpc) is 2.29. The van der Waals surface area contributed by atoms with E-state index in [1.54, 1.807) is 18.5 Å². The Bertz CT molecular complexity index is 474. The Morgan fingerprint density at radius 3 is 2.94 bits per heavy atom. The minimum absolute atomic E-state index is 0.515. The Morgan fingerprint density at radius 1 is 1.38 bits per heavy atom. The predicted octanol–water partition coefficient (Wildman–Crippen LogP) is 1.72. The number of halogens is 1. The molecule has 0 fully saturated rings. The normalized spacial score (nSPS) is 10.1. The Kier molecular flexibility index (Phi) is 3.16. The zero-order valence-electron chi connectivity index (χ0n) is 8.39. The van der Waals surface area contributed by atoms with Gasteiger partial charge in [-0.05, 0) is 12.1 Å². The van der Waals surface area contributed by atoms with E-state index in [9.17, 15) is 0 Å². The van der Waals surface area contributed by atoms with Crippen LogP contribution < -0.4 is 11.1 Å². The van der Waals surface area contributed by atoms with Crippen LogP contribution in [0.4, 0.5) is 11.5 Å². The summed E-state index contributed by atoms with van der Waals surface area (Å²) in [5, 5.41) is 3.59. The van der Waals surface area contributed by atoms with Crippen LogP contribution in [-0.2, 0) is 6.54 Å². The van der Waals surface area contributed by atoms with Gasteiger partial charge in [-0.15, -0.1) is 0 Å². The summed E-state index contributed by atoms with van der Waals surface area (Å²) in [6.45, 7) is 0.543. The highest BCUT2D eigenvalue weighted by Gasteiger charge is 2.01. The van der Waals surface area contributed by atoms with E-state index in [0.717, 1.165) is 5.69 Å². The predicted molar refractivity (Wildman–Crippen MR) is 63.0 cm³/mol. The van der Waals surface area contributed by atoms with Crippen molar-refractivity contribution in [2.24, 2.45) is 0 Å². The van der Waals surface area contributed by atoms with E-state index < -0.39 is 0 Å². The third-order valence-corrected chi connectivity index (χ3v) is 2.17. The van der Waals surface area contributed by atoms with Crippen molar-refractivity contribution < 1.29 is 0 Å². The minimum Gasteiger partial charge on any atom is -0.396 e. The molecule has 82 valence electrons. The molecule has 0 saturated carbocycles. The summed E-state index contributed by atoms with van der Waals surface area (Å²) < 4.78 is 0. The number of hydrogen-bond donors (Lipinski definition) is 2. The SMILES string of the molecule is Nc1cc(Cl)cnc1NCc1ccncn1. The Morgan fingerprint density at radius 2 is 2.25 bits per heavy atom. The van der Waals surface area contributed by atoms with Gasteiger partial charge in [0.25, 0.3) is 0 Å². The number of pyridine rings is 1. The summed E-state index contributed by atoms with van der Waals surface area (Å²) in [5.41, 5.74) is 7.13. The van der Waals surface area contributed by atoms with Gasteiger partial charge in [-0.25, -0.2) is 15.0 Å². The van der Waals surface area contributed by atoms with Crippen LogP contribution in [0.25, 0.3) is 0 Å². The molecular formula is C10H10ClN5. The molecule has 5 nitrogen and oxygen atoms in total. The topological polar surface area (TPSA) is 76.7 Å². The largest absolute Gasteiger partial charge is 0.396 e. The molecule has 3 N–H and O–H groups in total. The van der Waals surface area contributed by atoms with E-state index in [1.807, 2.05) is 6.07 Å². The first-order valence-electron chi connectivity index (χ1n) is 4.65. The average molecular weight is 236 g/mol. The molecule has 2 rings (SSSR count). The van der Waals surface area contributed by atoms with E-state index in [1.165, 1.54) is 6.33 Å². The van der Waals surface area contributed by atoms with Gasteiger partial charge < -0.3 is 11.1 Å². The van der Waals surface area contributed by atoms with Crippen LogP contribution in [0.5, 0.6) is 0 Å². The van der Waals surface area contributed by atoms with Gasteiger partial charge in [-0.3, -0.25) is 0 Å². The number of aromatic nitrogens is 3. The molecule has 2 aromatic rings. The number of nitrogens with one attached hydrogen (secondary N) is 1. The molecule has 0 aromatic carbocycles. The van der Waals surface area contributed by atoms with Crippen molar-refractivity contribution in [3.05, 3.63) is 41.6 Å². The summed E-state index contributed by atoms with van der Waals surface area (Å²) in [4.78, 5) is 12.0. The van der Waals surface area contributed by atoms with Crippen LogP contribution in [0.3, 0.4) is 0 Å². The molecule has 0 unspecified atom stereocenters. The second-order valence-corrected chi connectivity index (χ2v) is 3.58. The van der Waals surface area contributed by atoms with Gasteiger partial charge in [0.1, 0.15) is 12.1 Å². The van der Waals surface area contributed by atoms with Gasteiger partial charge in [0.05, 0.1) is 22.9 Å². The van der Waals surface area contributed by atoms with E-state index >= 15 is 0 Å². The highest BCUT2D eigenvalue weighted by molar-refractivity contribution is 6.30. The van der Waals surface area contributed by atoms with Crippen LogP contribution in [0.2, 0.25) is 5.02 Å². The van der Waals surface area contributed by atoms with Crippen LogP contribution >= 0.6 is 11.6 Å². The number of nitrogens with two attached hydrogens (primary N) is 1. The smallest absolute Gasteiger partial charge is 0.149 e. The molecule has 0 spiro atoms. The quantitative estimate of drug-likeness (QED) is 0.847. The van der Waals surface area contributed by atoms with E-state index in [4.69, 9.17) is 17.3 Å². The molecule has 16 heavy (non-hydrogen) atoms. The Hall–Kier alpha value is -1.88. The number of hydrogen-bond acceptors (Lipinski definition) is 5. The summed E-state index contributed by atoms with van der Waals surface area (Å²) in [7, 11) is 0. The van der Waals surface area contributed by atoms with Gasteiger partial charge in [0.2, 0.25) is 0 Å². The third kappa shape index (κ3) is 2.58. The minimum atomic E-state index is 0.515. The van der Waals surface area contributed by atoms with Crippen LogP contribution in [0.1, 0.15) is 5.69 Å². The molecule has 0 radical (unpaired) electrons. The van der Waals surface area contributed by atoms with Crippen molar-refractivity contribution >= 4 is 23.1 Å². The first-order valence-corrected chi connectivity index (χ1v) is 5.03. The molecule has 0 saturated heterocycles. The lowest BCUT2D eigenvalue weighted by Gasteiger charge is -2.07. The second kappa shape index (κ2) is 4.76. The van der Waals surface area contributed by atoms with Crippen molar-refractivity contribution in [1.29, 1.82) is 0 Å². The standard InChI is InChI=1S/C10H10ClN5/c11-7-3-9(12)10(14-4-7)15-5-8-1-2-13-6-16-8/h1-4,6H,5,12H2,(H,14,15). The maximum atomic E-state index is 5.74. The molecular weight excluding hydrogens is 226 g/mol. The number of anilines is 2. The fraction of sp³-hybridized carbons (Fsp3) is 0.100. The Labute approximate surface area is 97.7 Å². The molecule has 2 aromatic heterocycles. The number of rotatable bonds is 3.